The van der Waals surface area contributed by atoms with Crippen LogP contribution in [0.15, 0.2) is 0 Å². The molecular weight excluding hydrogens is 462 g/mol. The summed E-state index contributed by atoms with van der Waals surface area (Å²) in [4.78, 5) is 35.4. The average Bonchev–Trinajstić information content (AvgIpc) is 2.72. The number of ether oxygens (including phenoxy) is 4. The number of hydrogen-bond donors (Lipinski definition) is 8. The topological polar surface area (TPSA) is 272 Å². The Morgan fingerprint density at radius 1 is 0.758 bits per heavy atom. The first-order chi connectivity index (χ1) is 15.4. The number of nitrogens with one attached hydrogen (secondary N) is 3. The molecule has 1 fully saturated rings. The third kappa shape index (κ3) is 11.1. The van der Waals surface area contributed by atoms with Gasteiger partial charge in [-0.2, -0.15) is 0 Å². The molecule has 1 rings (SSSR count). The van der Waals surface area contributed by atoms with Gasteiger partial charge in [0.15, 0.2) is 18.5 Å². The number of carbonyl (C=O) groups is 3. The zero-order valence-electron chi connectivity index (χ0n) is 17.2. The number of rotatable bonds is 13. The van der Waals surface area contributed by atoms with Gasteiger partial charge in [0, 0.05) is 0 Å². The van der Waals surface area contributed by atoms with Crippen molar-refractivity contribution in [2.45, 2.75) is 50.0 Å². The molecule has 0 radical (unpaired) electrons. The quantitative estimate of drug-likeness (QED) is 0.0678. The summed E-state index contributed by atoms with van der Waals surface area (Å²) in [7, 11) is 0. The van der Waals surface area contributed by atoms with E-state index in [4.69, 9.17) is 34.6 Å². The van der Waals surface area contributed by atoms with Crippen molar-refractivity contribution >= 4 is 17.9 Å². The molecule has 0 bridgehead atoms. The van der Waals surface area contributed by atoms with E-state index in [0.29, 0.717) is 0 Å². The Labute approximate surface area is 185 Å². The van der Waals surface area contributed by atoms with Gasteiger partial charge in [-0.1, -0.05) is 0 Å². The highest BCUT2D eigenvalue weighted by atomic mass is 16.8. The van der Waals surface area contributed by atoms with Crippen LogP contribution in [0.2, 0.25) is 0 Å². The molecule has 0 aliphatic carbocycles. The first-order valence-corrected chi connectivity index (χ1v) is 9.62. The molecule has 1 aliphatic heterocycles. The Morgan fingerprint density at radius 3 is 1.64 bits per heavy atom. The zero-order valence-corrected chi connectivity index (χ0v) is 17.2. The van der Waals surface area contributed by atoms with Crippen LogP contribution in [0.3, 0.4) is 0 Å². The van der Waals surface area contributed by atoms with Crippen LogP contribution >= 0.6 is 0 Å². The number of carbonyl (C=O) groups excluding carboxylic acids is 3. The summed E-state index contributed by atoms with van der Waals surface area (Å²) < 4.78 is 19.7. The van der Waals surface area contributed by atoms with Gasteiger partial charge < -0.3 is 44.8 Å². The highest BCUT2D eigenvalue weighted by Gasteiger charge is 2.49. The Balaban J connectivity index is 2.86. The van der Waals surface area contributed by atoms with Gasteiger partial charge in [-0.15, -0.1) is 0 Å². The van der Waals surface area contributed by atoms with E-state index < -0.39 is 110 Å². The zero-order chi connectivity index (χ0) is 25.1. The Kier molecular flexibility index (Phi) is 12.5. The fourth-order valence-electron chi connectivity index (χ4n) is 2.60. The molecule has 0 aromatic rings. The molecule has 1 saturated heterocycles. The molecule has 18 nitrogen and oxygen atoms in total. The lowest BCUT2D eigenvalue weighted by Gasteiger charge is -2.41. The highest BCUT2D eigenvalue weighted by Crippen LogP contribution is 2.26. The van der Waals surface area contributed by atoms with Crippen LogP contribution in [-0.4, -0.2) is 101 Å². The number of quaternary nitrogens is 3. The van der Waals surface area contributed by atoms with E-state index >= 15 is 0 Å². The molecular formula is C15H27N3O15. The maximum atomic E-state index is 12.0. The summed E-state index contributed by atoms with van der Waals surface area (Å²) in [6, 6.07) is 0. The van der Waals surface area contributed by atoms with E-state index in [1.165, 1.54) is 0 Å². The van der Waals surface area contributed by atoms with Crippen molar-refractivity contribution in [1.82, 2.24) is 0 Å². The molecule has 0 aromatic heterocycles. The minimum absolute atomic E-state index is 0.488. The number of hydroxylamine groups is 6. The summed E-state index contributed by atoms with van der Waals surface area (Å²) >= 11 is 0. The molecule has 0 aromatic carbocycles. The van der Waals surface area contributed by atoms with Gasteiger partial charge in [-0.3, -0.25) is 14.4 Å². The largest absolute Gasteiger partial charge is 0.600 e. The standard InChI is InChI=1S/C15H27N3O15/c19-9(1-4-16(24)25)30-7-8-12(22)13(32-10(20)2-5-17(26)27)14(15(23)31-8)33-11(21)3-6-18(28)29/h8,12-18,22-24,26,28H,1-7H2/t8-,12+,13-,14-,15-/m0/s1. The molecule has 192 valence electrons. The van der Waals surface area contributed by atoms with Crippen molar-refractivity contribution in [1.29, 1.82) is 0 Å². The van der Waals surface area contributed by atoms with Crippen LogP contribution in [0.25, 0.3) is 0 Å². The van der Waals surface area contributed by atoms with Crippen molar-refractivity contribution in [2.75, 3.05) is 26.2 Å². The average molecular weight is 489 g/mol. The Hall–Kier alpha value is -2.07. The molecule has 1 aliphatic rings. The van der Waals surface area contributed by atoms with E-state index in [1.54, 1.807) is 0 Å². The third-order valence-electron chi connectivity index (χ3n) is 4.21. The van der Waals surface area contributed by atoms with E-state index in [9.17, 15) is 40.2 Å². The summed E-state index contributed by atoms with van der Waals surface area (Å²) in [5.41, 5.74) is 0. The maximum absolute atomic E-state index is 12.0. The Morgan fingerprint density at radius 2 is 1.18 bits per heavy atom. The first-order valence-electron chi connectivity index (χ1n) is 9.62. The summed E-state index contributed by atoms with van der Waals surface area (Å²) in [6.07, 6.45) is -10.7. The van der Waals surface area contributed by atoms with Gasteiger partial charge in [0.2, 0.25) is 0 Å². The van der Waals surface area contributed by atoms with Crippen LogP contribution in [-0.2, 0) is 33.3 Å². The minimum atomic E-state index is -2.01. The first kappa shape index (κ1) is 29.0. The second-order valence-corrected chi connectivity index (χ2v) is 6.83. The van der Waals surface area contributed by atoms with Gasteiger partial charge in [0.25, 0.3) is 0 Å². The van der Waals surface area contributed by atoms with Gasteiger partial charge >= 0.3 is 17.9 Å². The summed E-state index contributed by atoms with van der Waals surface area (Å²) in [6.45, 7) is -2.44. The van der Waals surface area contributed by atoms with Crippen molar-refractivity contribution in [3.63, 3.8) is 0 Å². The normalized spacial score (nSPS) is 27.8. The Bertz CT molecular complexity index is 634. The highest BCUT2D eigenvalue weighted by molar-refractivity contribution is 5.71. The summed E-state index contributed by atoms with van der Waals surface area (Å²) in [5, 5.41) is 74.4. The van der Waals surface area contributed by atoms with Crippen LogP contribution in [0.4, 0.5) is 0 Å². The van der Waals surface area contributed by atoms with E-state index in [-0.39, 0.29) is 0 Å². The fraction of sp³-hybridized carbons (Fsp3) is 0.800. The fourth-order valence-corrected chi connectivity index (χ4v) is 2.60. The number of aliphatic hydroxyl groups excluding tert-OH is 2. The lowest BCUT2D eigenvalue weighted by Crippen LogP contribution is -3.04. The van der Waals surface area contributed by atoms with Gasteiger partial charge in [-0.05, 0) is 0 Å². The van der Waals surface area contributed by atoms with E-state index in [1.807, 2.05) is 0 Å². The van der Waals surface area contributed by atoms with Crippen molar-refractivity contribution < 1.29 is 74.8 Å². The minimum Gasteiger partial charge on any atom is -0.600 e. The van der Waals surface area contributed by atoms with Crippen molar-refractivity contribution in [3.8, 4) is 0 Å². The number of esters is 3. The number of hydrogen-bond acceptors (Lipinski definition) is 15. The molecule has 3 unspecified atom stereocenters. The molecule has 1 heterocycles. The molecule has 0 spiro atoms. The van der Waals surface area contributed by atoms with Crippen molar-refractivity contribution in [2.24, 2.45) is 0 Å². The van der Waals surface area contributed by atoms with E-state index in [2.05, 4.69) is 0 Å². The van der Waals surface area contributed by atoms with Crippen LogP contribution in [0, 0.1) is 15.6 Å². The molecule has 8 N–H and O–H groups in total. The summed E-state index contributed by atoms with van der Waals surface area (Å²) in [5.74, 6) is -3.21. The molecule has 8 atom stereocenters. The van der Waals surface area contributed by atoms with Crippen LogP contribution < -0.4 is 15.7 Å². The SMILES string of the molecule is O=C(CC[NH+]([O-])O)OC[C@@H]1O[C@H](O)[C@@H](OC(=O)CC[NH+]([O-])O)[C@@H](OC(=O)CC[NH+]([O-])O)[C@@H]1O. The van der Waals surface area contributed by atoms with E-state index in [0.717, 1.165) is 0 Å². The molecule has 0 saturated carbocycles. The molecule has 33 heavy (non-hydrogen) atoms. The lowest BCUT2D eigenvalue weighted by molar-refractivity contribution is -1.05. The second-order valence-electron chi connectivity index (χ2n) is 6.83. The van der Waals surface area contributed by atoms with Gasteiger partial charge in [0.05, 0.1) is 19.3 Å². The van der Waals surface area contributed by atoms with Crippen LogP contribution in [0.5, 0.6) is 0 Å². The van der Waals surface area contributed by atoms with Crippen LogP contribution in [0.1, 0.15) is 19.3 Å². The monoisotopic (exact) mass is 489 g/mol. The molecule has 0 amide bonds. The lowest BCUT2D eigenvalue weighted by atomic mass is 9.98. The van der Waals surface area contributed by atoms with Crippen molar-refractivity contribution in [3.05, 3.63) is 15.6 Å². The molecule has 18 heteroatoms. The van der Waals surface area contributed by atoms with Gasteiger partial charge in [-0.25, -0.2) is 31.3 Å². The third-order valence-corrected chi connectivity index (χ3v) is 4.21. The smallest absolute Gasteiger partial charge is 0.312 e. The number of aliphatic hydroxyl groups is 2. The predicted octanol–water partition coefficient (Wildman–Crippen LogP) is -7.08. The predicted molar refractivity (Wildman–Crippen MR) is 94.4 cm³/mol. The second kappa shape index (κ2) is 14.2. The maximum Gasteiger partial charge on any atom is 0.312 e. The van der Waals surface area contributed by atoms with Gasteiger partial charge in [0.1, 0.15) is 38.4 Å².